The Kier molecular flexibility index (Phi) is 6.08. The normalized spacial score (nSPS) is 16.5. The molecule has 0 bridgehead atoms. The van der Waals surface area contributed by atoms with Crippen LogP contribution in [0.3, 0.4) is 0 Å². The molecule has 24 heavy (non-hydrogen) atoms. The molecule has 132 valence electrons. The Labute approximate surface area is 139 Å². The first-order chi connectivity index (χ1) is 11.5. The number of carboxylic acid groups (broad SMARTS) is 1. The molecule has 0 unspecified atom stereocenters. The molecule has 0 atom stereocenters. The largest absolute Gasteiger partial charge is 0.481 e. The average Bonchev–Trinajstić information content (AvgIpc) is 2.59. The monoisotopic (exact) mass is 337 g/mol. The highest BCUT2D eigenvalue weighted by molar-refractivity contribution is 5.92. The van der Waals surface area contributed by atoms with Gasteiger partial charge in [0.15, 0.2) is 0 Å². The van der Waals surface area contributed by atoms with E-state index >= 15 is 0 Å². The Balaban J connectivity index is 2.06. The lowest BCUT2D eigenvalue weighted by Crippen LogP contribution is -2.44. The van der Waals surface area contributed by atoms with Crippen LogP contribution >= 0.6 is 0 Å². The molecule has 0 aliphatic heterocycles. The van der Waals surface area contributed by atoms with Gasteiger partial charge in [0.2, 0.25) is 0 Å². The predicted molar refractivity (Wildman–Crippen MR) is 85.9 cm³/mol. The summed E-state index contributed by atoms with van der Waals surface area (Å²) in [4.78, 5) is 35.6. The Morgan fingerprint density at radius 2 is 2.04 bits per heavy atom. The van der Waals surface area contributed by atoms with Gasteiger partial charge in [0, 0.05) is 19.7 Å². The molecular weight excluding hydrogens is 314 g/mol. The third-order valence-corrected chi connectivity index (χ3v) is 4.46. The molecular formula is C16H23N3O5. The molecule has 1 aliphatic rings. The van der Waals surface area contributed by atoms with E-state index < -0.39 is 17.3 Å². The van der Waals surface area contributed by atoms with Crippen LogP contribution in [0.5, 0.6) is 0 Å². The first-order valence-corrected chi connectivity index (χ1v) is 8.07. The van der Waals surface area contributed by atoms with Crippen molar-refractivity contribution < 1.29 is 19.4 Å². The summed E-state index contributed by atoms with van der Waals surface area (Å²) in [5, 5.41) is 16.2. The fraction of sp³-hybridized carbons (Fsp3) is 0.625. The maximum Gasteiger partial charge on any atom is 0.311 e. The summed E-state index contributed by atoms with van der Waals surface area (Å²) in [6.45, 7) is 0.621. The van der Waals surface area contributed by atoms with Gasteiger partial charge in [0.05, 0.1) is 18.6 Å². The highest BCUT2D eigenvalue weighted by Crippen LogP contribution is 2.36. The summed E-state index contributed by atoms with van der Waals surface area (Å²) in [5.41, 5.74) is -1.14. The van der Waals surface area contributed by atoms with E-state index in [2.05, 4.69) is 10.4 Å². The number of carbonyl (C=O) groups is 2. The third-order valence-electron chi connectivity index (χ3n) is 4.46. The minimum Gasteiger partial charge on any atom is -0.481 e. The number of amides is 1. The van der Waals surface area contributed by atoms with Crippen molar-refractivity contribution in [2.45, 2.75) is 38.6 Å². The maximum absolute atomic E-state index is 12.3. The number of rotatable bonds is 7. The minimum atomic E-state index is -0.904. The highest BCUT2D eigenvalue weighted by atomic mass is 16.5. The summed E-state index contributed by atoms with van der Waals surface area (Å²) >= 11 is 0. The minimum absolute atomic E-state index is 0.0695. The van der Waals surface area contributed by atoms with Gasteiger partial charge in [-0.1, -0.05) is 19.3 Å². The maximum atomic E-state index is 12.3. The Morgan fingerprint density at radius 1 is 1.33 bits per heavy atom. The van der Waals surface area contributed by atoms with E-state index in [0.29, 0.717) is 19.4 Å². The van der Waals surface area contributed by atoms with Crippen molar-refractivity contribution in [3.63, 3.8) is 0 Å². The number of hydrogen-bond acceptors (Lipinski definition) is 5. The average molecular weight is 337 g/mol. The van der Waals surface area contributed by atoms with Gasteiger partial charge >= 0.3 is 5.97 Å². The lowest BCUT2D eigenvalue weighted by molar-refractivity contribution is -0.150. The standard InChI is InChI=1S/C16H23N3O5/c1-24-10-9-19-13(20)6-5-12(18-19)14(21)17-11-16(15(22)23)7-3-2-4-8-16/h5-6H,2-4,7-11H2,1H3,(H,17,21)(H,22,23). The van der Waals surface area contributed by atoms with Crippen LogP contribution in [0.15, 0.2) is 16.9 Å². The molecule has 8 heteroatoms. The fourth-order valence-corrected chi connectivity index (χ4v) is 2.94. The number of ether oxygens (including phenoxy) is 1. The molecule has 1 heterocycles. The Bertz CT molecular complexity index is 649. The summed E-state index contributed by atoms with van der Waals surface area (Å²) in [5.74, 6) is -1.35. The quantitative estimate of drug-likeness (QED) is 0.756. The van der Waals surface area contributed by atoms with Gasteiger partial charge in [0.1, 0.15) is 5.69 Å². The van der Waals surface area contributed by atoms with Crippen LogP contribution in [0.4, 0.5) is 0 Å². The van der Waals surface area contributed by atoms with Crippen molar-refractivity contribution in [3.8, 4) is 0 Å². The lowest BCUT2D eigenvalue weighted by Gasteiger charge is -2.33. The second-order valence-corrected chi connectivity index (χ2v) is 6.10. The van der Waals surface area contributed by atoms with Gasteiger partial charge in [-0.05, 0) is 18.9 Å². The second-order valence-electron chi connectivity index (χ2n) is 6.10. The Hall–Kier alpha value is -2.22. The third kappa shape index (κ3) is 4.19. The topological polar surface area (TPSA) is 111 Å². The predicted octanol–water partition coefficient (Wildman–Crippen LogP) is 0.655. The molecule has 1 aliphatic carbocycles. The number of methoxy groups -OCH3 is 1. The van der Waals surface area contributed by atoms with Gasteiger partial charge in [0.25, 0.3) is 11.5 Å². The van der Waals surface area contributed by atoms with Crippen LogP contribution in [-0.4, -0.2) is 47.0 Å². The molecule has 1 aromatic rings. The number of aliphatic carboxylic acids is 1. The van der Waals surface area contributed by atoms with Crippen molar-refractivity contribution in [1.29, 1.82) is 0 Å². The number of carboxylic acids is 1. The lowest BCUT2D eigenvalue weighted by atomic mass is 9.74. The van der Waals surface area contributed by atoms with Crippen molar-refractivity contribution in [2.75, 3.05) is 20.3 Å². The van der Waals surface area contributed by atoms with Crippen molar-refractivity contribution >= 4 is 11.9 Å². The van der Waals surface area contributed by atoms with Gasteiger partial charge in [-0.3, -0.25) is 14.4 Å². The summed E-state index contributed by atoms with van der Waals surface area (Å²) < 4.78 is 6.06. The zero-order chi connectivity index (χ0) is 17.6. The van der Waals surface area contributed by atoms with E-state index in [4.69, 9.17) is 4.74 Å². The van der Waals surface area contributed by atoms with Crippen LogP contribution in [0.2, 0.25) is 0 Å². The van der Waals surface area contributed by atoms with Crippen molar-refractivity contribution in [1.82, 2.24) is 15.1 Å². The molecule has 8 nitrogen and oxygen atoms in total. The molecule has 2 N–H and O–H groups in total. The van der Waals surface area contributed by atoms with Crippen LogP contribution in [-0.2, 0) is 16.1 Å². The van der Waals surface area contributed by atoms with Gasteiger partial charge in [-0.15, -0.1) is 0 Å². The summed E-state index contributed by atoms with van der Waals surface area (Å²) in [6.07, 6.45) is 3.84. The number of aromatic nitrogens is 2. The van der Waals surface area contributed by atoms with Gasteiger partial charge in [-0.25, -0.2) is 4.68 Å². The molecule has 1 fully saturated rings. The van der Waals surface area contributed by atoms with Crippen LogP contribution in [0.1, 0.15) is 42.6 Å². The molecule has 0 aromatic carbocycles. The summed E-state index contributed by atoms with van der Waals surface area (Å²) in [6, 6.07) is 2.61. The van der Waals surface area contributed by atoms with E-state index in [9.17, 15) is 19.5 Å². The number of nitrogens with zero attached hydrogens (tertiary/aromatic N) is 2. The van der Waals surface area contributed by atoms with Gasteiger partial charge in [-0.2, -0.15) is 5.10 Å². The van der Waals surface area contributed by atoms with Crippen LogP contribution in [0, 0.1) is 5.41 Å². The van der Waals surface area contributed by atoms with Gasteiger partial charge < -0.3 is 15.2 Å². The van der Waals surface area contributed by atoms with E-state index in [1.54, 1.807) is 0 Å². The molecule has 0 radical (unpaired) electrons. The number of nitrogens with one attached hydrogen (secondary N) is 1. The van der Waals surface area contributed by atoms with E-state index in [1.165, 1.54) is 19.2 Å². The SMILES string of the molecule is COCCn1nc(C(=O)NCC2(C(=O)O)CCCCC2)ccc1=O. The van der Waals surface area contributed by atoms with E-state index in [-0.39, 0.29) is 24.3 Å². The van der Waals surface area contributed by atoms with E-state index in [0.717, 1.165) is 23.9 Å². The first kappa shape index (κ1) is 18.1. The molecule has 2 rings (SSSR count). The zero-order valence-corrected chi connectivity index (χ0v) is 13.8. The molecule has 0 spiro atoms. The number of carbonyl (C=O) groups excluding carboxylic acids is 1. The van der Waals surface area contributed by atoms with Crippen molar-refractivity contribution in [3.05, 3.63) is 28.2 Å². The zero-order valence-electron chi connectivity index (χ0n) is 13.8. The highest BCUT2D eigenvalue weighted by Gasteiger charge is 2.39. The van der Waals surface area contributed by atoms with Crippen LogP contribution in [0.25, 0.3) is 0 Å². The molecule has 1 amide bonds. The second kappa shape index (κ2) is 8.05. The fourth-order valence-electron chi connectivity index (χ4n) is 2.94. The molecule has 1 aromatic heterocycles. The van der Waals surface area contributed by atoms with Crippen LogP contribution < -0.4 is 10.9 Å². The van der Waals surface area contributed by atoms with E-state index in [1.807, 2.05) is 0 Å². The Morgan fingerprint density at radius 3 is 2.67 bits per heavy atom. The number of hydrogen-bond donors (Lipinski definition) is 2. The smallest absolute Gasteiger partial charge is 0.311 e. The first-order valence-electron chi connectivity index (χ1n) is 8.07. The van der Waals surface area contributed by atoms with Crippen molar-refractivity contribution in [2.24, 2.45) is 5.41 Å². The molecule has 1 saturated carbocycles. The molecule has 0 saturated heterocycles. The summed E-state index contributed by atoms with van der Waals surface area (Å²) in [7, 11) is 1.51.